The van der Waals surface area contributed by atoms with Gasteiger partial charge < -0.3 is 15.1 Å². The van der Waals surface area contributed by atoms with Gasteiger partial charge >= 0.3 is 12.1 Å². The van der Waals surface area contributed by atoms with Gasteiger partial charge in [0, 0.05) is 11.6 Å². The molecule has 2 aromatic rings. The average Bonchev–Trinajstić information content (AvgIpc) is 2.98. The van der Waals surface area contributed by atoms with Gasteiger partial charge in [-0.25, -0.2) is 4.79 Å². The standard InChI is InChI=1S/C12H8F3N3O3/c13-12(14,15)8-3-1-7(2-4-8)10(16)18-21-11(19)9-5-6-17-20-9/h1-6H,(H2,16,18). The van der Waals surface area contributed by atoms with E-state index in [1.165, 1.54) is 12.3 Å². The minimum Gasteiger partial charge on any atom is -0.380 e. The van der Waals surface area contributed by atoms with Gasteiger partial charge in [-0.2, -0.15) is 13.2 Å². The summed E-state index contributed by atoms with van der Waals surface area (Å²) in [6.45, 7) is 0. The highest BCUT2D eigenvalue weighted by atomic mass is 19.4. The lowest BCUT2D eigenvalue weighted by Crippen LogP contribution is -2.15. The highest BCUT2D eigenvalue weighted by molar-refractivity contribution is 5.97. The fraction of sp³-hybridized carbons (Fsp3) is 0.0833. The Labute approximate surface area is 116 Å². The van der Waals surface area contributed by atoms with E-state index in [0.717, 1.165) is 24.3 Å². The zero-order valence-electron chi connectivity index (χ0n) is 10.3. The molecule has 0 spiro atoms. The summed E-state index contributed by atoms with van der Waals surface area (Å²) in [5, 5.41) is 6.62. The van der Waals surface area contributed by atoms with Gasteiger partial charge in [-0.05, 0) is 12.1 Å². The van der Waals surface area contributed by atoms with Crippen molar-refractivity contribution < 1.29 is 27.3 Å². The van der Waals surface area contributed by atoms with E-state index >= 15 is 0 Å². The molecule has 9 heteroatoms. The summed E-state index contributed by atoms with van der Waals surface area (Å²) in [6, 6.07) is 5.17. The molecule has 2 N–H and O–H groups in total. The van der Waals surface area contributed by atoms with Crippen molar-refractivity contribution in [3.63, 3.8) is 0 Å². The van der Waals surface area contributed by atoms with E-state index < -0.39 is 17.7 Å². The third kappa shape index (κ3) is 3.59. The van der Waals surface area contributed by atoms with Crippen molar-refractivity contribution >= 4 is 11.8 Å². The molecule has 0 aliphatic carbocycles. The van der Waals surface area contributed by atoms with Crippen molar-refractivity contribution in [2.75, 3.05) is 0 Å². The van der Waals surface area contributed by atoms with E-state index in [1.807, 2.05) is 0 Å². The van der Waals surface area contributed by atoms with E-state index in [9.17, 15) is 18.0 Å². The first-order chi connectivity index (χ1) is 9.88. The van der Waals surface area contributed by atoms with Gasteiger partial charge in [0.15, 0.2) is 5.84 Å². The van der Waals surface area contributed by atoms with E-state index in [2.05, 4.69) is 19.7 Å². The summed E-state index contributed by atoms with van der Waals surface area (Å²) in [5.74, 6) is -1.36. The van der Waals surface area contributed by atoms with Crippen LogP contribution in [0.4, 0.5) is 13.2 Å². The minimum atomic E-state index is -4.44. The highest BCUT2D eigenvalue weighted by Gasteiger charge is 2.30. The minimum absolute atomic E-state index is 0.174. The van der Waals surface area contributed by atoms with Crippen LogP contribution in [0, 0.1) is 0 Å². The number of benzene rings is 1. The van der Waals surface area contributed by atoms with Crippen LogP contribution in [-0.2, 0) is 11.0 Å². The molecule has 1 aromatic carbocycles. The summed E-state index contributed by atoms with van der Waals surface area (Å²) < 4.78 is 41.7. The van der Waals surface area contributed by atoms with Gasteiger partial charge in [0.2, 0.25) is 5.76 Å². The number of nitrogens with two attached hydrogens (primary N) is 1. The number of amidine groups is 1. The van der Waals surface area contributed by atoms with Gasteiger partial charge in [-0.15, -0.1) is 0 Å². The molecule has 0 bridgehead atoms. The van der Waals surface area contributed by atoms with Crippen LogP contribution in [-0.4, -0.2) is 17.0 Å². The number of oxime groups is 1. The number of carbonyl (C=O) groups is 1. The van der Waals surface area contributed by atoms with Crippen LogP contribution >= 0.6 is 0 Å². The highest BCUT2D eigenvalue weighted by Crippen LogP contribution is 2.29. The van der Waals surface area contributed by atoms with Gasteiger partial charge in [0.25, 0.3) is 0 Å². The Morgan fingerprint density at radius 1 is 1.24 bits per heavy atom. The van der Waals surface area contributed by atoms with Crippen molar-refractivity contribution in [1.82, 2.24) is 5.16 Å². The number of nitrogens with zero attached hydrogens (tertiary/aromatic N) is 2. The number of halogens is 3. The van der Waals surface area contributed by atoms with Crippen LogP contribution < -0.4 is 5.73 Å². The third-order valence-corrected chi connectivity index (χ3v) is 2.37. The van der Waals surface area contributed by atoms with Crippen LogP contribution in [0.5, 0.6) is 0 Å². The molecular weight excluding hydrogens is 291 g/mol. The van der Waals surface area contributed by atoms with Gasteiger partial charge in [0.1, 0.15) is 0 Å². The maximum Gasteiger partial charge on any atom is 0.416 e. The lowest BCUT2D eigenvalue weighted by atomic mass is 10.1. The molecule has 0 fully saturated rings. The fourth-order valence-corrected chi connectivity index (χ4v) is 1.34. The summed E-state index contributed by atoms with van der Waals surface area (Å²) in [7, 11) is 0. The number of hydrogen-bond acceptors (Lipinski definition) is 5. The van der Waals surface area contributed by atoms with Crippen LogP contribution in [0.15, 0.2) is 46.2 Å². The molecule has 0 aliphatic rings. The van der Waals surface area contributed by atoms with Crippen molar-refractivity contribution in [2.45, 2.75) is 6.18 Å². The quantitative estimate of drug-likeness (QED) is 0.406. The Kier molecular flexibility index (Phi) is 3.92. The first-order valence-electron chi connectivity index (χ1n) is 5.51. The number of aromatic nitrogens is 1. The molecule has 0 aliphatic heterocycles. The maximum absolute atomic E-state index is 12.4. The molecular formula is C12H8F3N3O3. The normalized spacial score (nSPS) is 12.2. The van der Waals surface area contributed by atoms with E-state index in [1.54, 1.807) is 0 Å². The Morgan fingerprint density at radius 3 is 2.43 bits per heavy atom. The predicted octanol–water partition coefficient (Wildman–Crippen LogP) is 2.17. The number of carbonyl (C=O) groups excluding carboxylic acids is 1. The molecule has 0 amide bonds. The SMILES string of the molecule is N/C(=N/OC(=O)c1ccno1)c1ccc(C(F)(F)F)cc1. The Bertz CT molecular complexity index is 649. The zero-order valence-corrected chi connectivity index (χ0v) is 10.3. The van der Waals surface area contributed by atoms with Crippen molar-refractivity contribution in [1.29, 1.82) is 0 Å². The van der Waals surface area contributed by atoms with E-state index in [4.69, 9.17) is 5.73 Å². The van der Waals surface area contributed by atoms with Gasteiger partial charge in [-0.3, -0.25) is 0 Å². The summed E-state index contributed by atoms with van der Waals surface area (Å²) in [4.78, 5) is 15.8. The third-order valence-electron chi connectivity index (χ3n) is 2.37. The van der Waals surface area contributed by atoms with Crippen LogP contribution in [0.25, 0.3) is 0 Å². The monoisotopic (exact) mass is 299 g/mol. The molecule has 0 atom stereocenters. The largest absolute Gasteiger partial charge is 0.416 e. The molecule has 2 rings (SSSR count). The summed E-state index contributed by atoms with van der Waals surface area (Å²) in [6.07, 6.45) is -3.21. The van der Waals surface area contributed by atoms with Crippen LogP contribution in [0.2, 0.25) is 0 Å². The van der Waals surface area contributed by atoms with Crippen molar-refractivity contribution in [3.8, 4) is 0 Å². The zero-order chi connectivity index (χ0) is 15.5. The number of rotatable bonds is 3. The van der Waals surface area contributed by atoms with Crippen molar-refractivity contribution in [2.24, 2.45) is 10.9 Å². The number of alkyl halides is 3. The van der Waals surface area contributed by atoms with Crippen LogP contribution in [0.1, 0.15) is 21.7 Å². The molecule has 110 valence electrons. The predicted molar refractivity (Wildman–Crippen MR) is 64.1 cm³/mol. The second-order valence-corrected chi connectivity index (χ2v) is 3.81. The molecule has 0 saturated heterocycles. The van der Waals surface area contributed by atoms with E-state index in [0.29, 0.717) is 0 Å². The molecule has 6 nitrogen and oxygen atoms in total. The topological polar surface area (TPSA) is 90.7 Å². The molecule has 0 unspecified atom stereocenters. The van der Waals surface area contributed by atoms with Gasteiger partial charge in [-0.1, -0.05) is 22.4 Å². The Balaban J connectivity index is 2.07. The lowest BCUT2D eigenvalue weighted by molar-refractivity contribution is -0.137. The van der Waals surface area contributed by atoms with Gasteiger partial charge in [0.05, 0.1) is 11.8 Å². The Morgan fingerprint density at radius 2 is 1.90 bits per heavy atom. The van der Waals surface area contributed by atoms with E-state index in [-0.39, 0.29) is 17.2 Å². The number of hydrogen-bond donors (Lipinski definition) is 1. The Hall–Kier alpha value is -2.84. The molecule has 1 aromatic heterocycles. The molecule has 1 heterocycles. The fourth-order valence-electron chi connectivity index (χ4n) is 1.34. The molecule has 21 heavy (non-hydrogen) atoms. The van der Waals surface area contributed by atoms with Crippen molar-refractivity contribution in [3.05, 3.63) is 53.4 Å². The lowest BCUT2D eigenvalue weighted by Gasteiger charge is -2.07. The second-order valence-electron chi connectivity index (χ2n) is 3.81. The summed E-state index contributed by atoms with van der Waals surface area (Å²) >= 11 is 0. The second kappa shape index (κ2) is 5.65. The average molecular weight is 299 g/mol. The molecule has 0 radical (unpaired) electrons. The smallest absolute Gasteiger partial charge is 0.380 e. The van der Waals surface area contributed by atoms with Crippen LogP contribution in [0.3, 0.4) is 0 Å². The summed E-state index contributed by atoms with van der Waals surface area (Å²) in [5.41, 5.74) is 4.85. The first kappa shape index (κ1) is 14.6. The molecule has 0 saturated carbocycles. The maximum atomic E-state index is 12.4. The first-order valence-corrected chi connectivity index (χ1v) is 5.51.